The first kappa shape index (κ1) is 16.5. The number of nitro benzene ring substituents is 1. The quantitative estimate of drug-likeness (QED) is 0.580. The van der Waals surface area contributed by atoms with Gasteiger partial charge in [0.15, 0.2) is 0 Å². The molecule has 0 atom stereocenters. The standard InChI is InChI=1S/C12H18N2O5S/c1-12(2,7-8-15)13-20(18,19)9-10-3-5-11(6-4-10)14(16)17/h3-6,13,15H,7-9H2,1-2H3. The molecule has 0 spiro atoms. The minimum Gasteiger partial charge on any atom is -0.396 e. The van der Waals surface area contributed by atoms with Gasteiger partial charge in [0.2, 0.25) is 10.0 Å². The maximum Gasteiger partial charge on any atom is 0.269 e. The van der Waals surface area contributed by atoms with Crippen LogP contribution in [-0.2, 0) is 15.8 Å². The molecule has 0 unspecified atom stereocenters. The lowest BCUT2D eigenvalue weighted by Crippen LogP contribution is -2.44. The summed E-state index contributed by atoms with van der Waals surface area (Å²) in [5.74, 6) is -0.264. The summed E-state index contributed by atoms with van der Waals surface area (Å²) < 4.78 is 26.5. The predicted octanol–water partition coefficient (Wildman–Crippen LogP) is 1.18. The van der Waals surface area contributed by atoms with E-state index in [1.54, 1.807) is 13.8 Å². The van der Waals surface area contributed by atoms with Gasteiger partial charge in [-0.2, -0.15) is 0 Å². The van der Waals surface area contributed by atoms with Gasteiger partial charge in [-0.1, -0.05) is 12.1 Å². The Hall–Kier alpha value is -1.51. The first-order chi connectivity index (χ1) is 9.15. The Bertz CT molecular complexity index is 566. The number of non-ortho nitro benzene ring substituents is 1. The summed E-state index contributed by atoms with van der Waals surface area (Å²) in [7, 11) is -3.58. The summed E-state index contributed by atoms with van der Waals surface area (Å²) in [6.07, 6.45) is 0.298. The van der Waals surface area contributed by atoms with Gasteiger partial charge in [-0.05, 0) is 25.8 Å². The molecular weight excluding hydrogens is 284 g/mol. The summed E-state index contributed by atoms with van der Waals surface area (Å²) in [5.41, 5.74) is -0.364. The molecule has 0 saturated heterocycles. The zero-order valence-corrected chi connectivity index (χ0v) is 12.2. The van der Waals surface area contributed by atoms with E-state index in [-0.39, 0.29) is 18.0 Å². The number of nitrogens with zero attached hydrogens (tertiary/aromatic N) is 1. The number of hydrogen-bond acceptors (Lipinski definition) is 5. The van der Waals surface area contributed by atoms with Crippen LogP contribution in [0.3, 0.4) is 0 Å². The molecule has 0 bridgehead atoms. The fraction of sp³-hybridized carbons (Fsp3) is 0.500. The lowest BCUT2D eigenvalue weighted by Gasteiger charge is -2.24. The second-order valence-electron chi connectivity index (χ2n) is 5.14. The van der Waals surface area contributed by atoms with Crippen molar-refractivity contribution in [1.29, 1.82) is 0 Å². The fourth-order valence-corrected chi connectivity index (χ4v) is 3.37. The van der Waals surface area contributed by atoms with Gasteiger partial charge >= 0.3 is 0 Å². The van der Waals surface area contributed by atoms with E-state index in [1.807, 2.05) is 0 Å². The summed E-state index contributed by atoms with van der Waals surface area (Å²) >= 11 is 0. The number of aliphatic hydroxyl groups excluding tert-OH is 1. The lowest BCUT2D eigenvalue weighted by molar-refractivity contribution is -0.384. The maximum absolute atomic E-state index is 12.0. The van der Waals surface area contributed by atoms with Crippen molar-refractivity contribution in [2.24, 2.45) is 0 Å². The number of hydrogen-bond donors (Lipinski definition) is 2. The molecule has 2 N–H and O–H groups in total. The van der Waals surface area contributed by atoms with Crippen LogP contribution in [0.1, 0.15) is 25.8 Å². The van der Waals surface area contributed by atoms with Gasteiger partial charge in [0.25, 0.3) is 5.69 Å². The highest BCUT2D eigenvalue weighted by molar-refractivity contribution is 7.88. The monoisotopic (exact) mass is 302 g/mol. The van der Waals surface area contributed by atoms with Crippen molar-refractivity contribution >= 4 is 15.7 Å². The summed E-state index contributed by atoms with van der Waals surface area (Å²) in [5, 5.41) is 19.4. The third-order valence-corrected chi connectivity index (χ3v) is 4.25. The molecule has 0 radical (unpaired) electrons. The molecule has 0 aromatic heterocycles. The van der Waals surface area contributed by atoms with Gasteiger partial charge < -0.3 is 5.11 Å². The van der Waals surface area contributed by atoms with Crippen LogP contribution in [0.25, 0.3) is 0 Å². The highest BCUT2D eigenvalue weighted by atomic mass is 32.2. The Morgan fingerprint density at radius 2 is 1.85 bits per heavy atom. The van der Waals surface area contributed by atoms with Crippen LogP contribution in [-0.4, -0.2) is 30.6 Å². The normalized spacial score (nSPS) is 12.3. The molecule has 8 heteroatoms. The van der Waals surface area contributed by atoms with Crippen LogP contribution in [0.4, 0.5) is 5.69 Å². The molecular formula is C12H18N2O5S. The Balaban J connectivity index is 2.78. The predicted molar refractivity (Wildman–Crippen MR) is 74.6 cm³/mol. The highest BCUT2D eigenvalue weighted by Gasteiger charge is 2.24. The van der Waals surface area contributed by atoms with Gasteiger partial charge in [0, 0.05) is 24.3 Å². The van der Waals surface area contributed by atoms with Crippen LogP contribution in [0.2, 0.25) is 0 Å². The SMILES string of the molecule is CC(C)(CCO)NS(=O)(=O)Cc1ccc([N+](=O)[O-])cc1. The Labute approximate surface area is 117 Å². The summed E-state index contributed by atoms with van der Waals surface area (Å²) in [6, 6.07) is 5.36. The molecule has 0 heterocycles. The Morgan fingerprint density at radius 1 is 1.30 bits per heavy atom. The summed E-state index contributed by atoms with van der Waals surface area (Å²) in [6.45, 7) is 3.24. The zero-order valence-electron chi connectivity index (χ0n) is 11.4. The molecule has 0 aliphatic carbocycles. The van der Waals surface area contributed by atoms with E-state index < -0.39 is 20.5 Å². The molecule has 0 aliphatic rings. The van der Waals surface area contributed by atoms with Crippen molar-refractivity contribution in [1.82, 2.24) is 4.72 Å². The van der Waals surface area contributed by atoms with E-state index in [0.29, 0.717) is 12.0 Å². The Kier molecular flexibility index (Phi) is 5.21. The molecule has 1 rings (SSSR count). The lowest BCUT2D eigenvalue weighted by atomic mass is 10.0. The van der Waals surface area contributed by atoms with Crippen LogP contribution in [0, 0.1) is 10.1 Å². The smallest absolute Gasteiger partial charge is 0.269 e. The topological polar surface area (TPSA) is 110 Å². The van der Waals surface area contributed by atoms with Gasteiger partial charge in [-0.25, -0.2) is 13.1 Å². The number of nitro groups is 1. The number of sulfonamides is 1. The number of benzene rings is 1. The van der Waals surface area contributed by atoms with E-state index >= 15 is 0 Å². The highest BCUT2D eigenvalue weighted by Crippen LogP contribution is 2.16. The molecule has 7 nitrogen and oxygen atoms in total. The van der Waals surface area contributed by atoms with E-state index in [2.05, 4.69) is 4.72 Å². The second kappa shape index (κ2) is 6.29. The number of rotatable bonds is 7. The first-order valence-corrected chi connectivity index (χ1v) is 7.66. The van der Waals surface area contributed by atoms with Crippen molar-refractivity contribution in [3.8, 4) is 0 Å². The van der Waals surface area contributed by atoms with E-state index in [0.717, 1.165) is 0 Å². The second-order valence-corrected chi connectivity index (χ2v) is 6.86. The maximum atomic E-state index is 12.0. The number of aliphatic hydroxyl groups is 1. The molecule has 0 aliphatic heterocycles. The van der Waals surface area contributed by atoms with Crippen LogP contribution < -0.4 is 4.72 Å². The Morgan fingerprint density at radius 3 is 2.30 bits per heavy atom. The van der Waals surface area contributed by atoms with Gasteiger partial charge in [0.1, 0.15) is 0 Å². The molecule has 0 saturated carbocycles. The molecule has 0 fully saturated rings. The van der Waals surface area contributed by atoms with Crippen LogP contribution in [0.5, 0.6) is 0 Å². The van der Waals surface area contributed by atoms with Gasteiger partial charge in [-0.15, -0.1) is 0 Å². The first-order valence-electron chi connectivity index (χ1n) is 6.01. The van der Waals surface area contributed by atoms with Crippen molar-refractivity contribution < 1.29 is 18.4 Å². The van der Waals surface area contributed by atoms with E-state index in [9.17, 15) is 18.5 Å². The van der Waals surface area contributed by atoms with Gasteiger partial charge in [0.05, 0.1) is 10.7 Å². The molecule has 20 heavy (non-hydrogen) atoms. The van der Waals surface area contributed by atoms with Gasteiger partial charge in [-0.3, -0.25) is 10.1 Å². The number of nitrogens with one attached hydrogen (secondary N) is 1. The van der Waals surface area contributed by atoms with Crippen molar-refractivity contribution in [2.45, 2.75) is 31.6 Å². The largest absolute Gasteiger partial charge is 0.396 e. The van der Waals surface area contributed by atoms with Crippen molar-refractivity contribution in [3.63, 3.8) is 0 Å². The van der Waals surface area contributed by atoms with E-state index in [1.165, 1.54) is 24.3 Å². The minimum absolute atomic E-state index is 0.0836. The van der Waals surface area contributed by atoms with E-state index in [4.69, 9.17) is 5.11 Å². The fourth-order valence-electron chi connectivity index (χ4n) is 1.72. The van der Waals surface area contributed by atoms with Crippen LogP contribution >= 0.6 is 0 Å². The molecule has 1 aromatic carbocycles. The third-order valence-electron chi connectivity index (χ3n) is 2.67. The molecule has 1 aromatic rings. The third kappa shape index (κ3) is 5.24. The average molecular weight is 302 g/mol. The molecule has 112 valence electrons. The average Bonchev–Trinajstić information content (AvgIpc) is 2.26. The molecule has 0 amide bonds. The van der Waals surface area contributed by atoms with Crippen molar-refractivity contribution in [2.75, 3.05) is 6.61 Å². The van der Waals surface area contributed by atoms with Crippen molar-refractivity contribution in [3.05, 3.63) is 39.9 Å². The zero-order chi connectivity index (χ0) is 15.4. The minimum atomic E-state index is -3.58. The van der Waals surface area contributed by atoms with Crippen LogP contribution in [0.15, 0.2) is 24.3 Å². The summed E-state index contributed by atoms with van der Waals surface area (Å²) in [4.78, 5) is 9.97.